The Bertz CT molecular complexity index is 775. The van der Waals surface area contributed by atoms with E-state index in [0.717, 1.165) is 21.6 Å². The van der Waals surface area contributed by atoms with Crippen LogP contribution in [0.3, 0.4) is 0 Å². The lowest BCUT2D eigenvalue weighted by atomic mass is 9.90. The summed E-state index contributed by atoms with van der Waals surface area (Å²) in [5.41, 5.74) is 2.93. The number of carbonyl (C=O) groups excluding carboxylic acids is 1. The van der Waals surface area contributed by atoms with Crippen LogP contribution in [0.5, 0.6) is 0 Å². The minimum Gasteiger partial charge on any atom is -0.386 e. The summed E-state index contributed by atoms with van der Waals surface area (Å²) in [5.74, 6) is -0.496. The molecule has 0 aliphatic rings. The molecule has 0 saturated carbocycles. The summed E-state index contributed by atoms with van der Waals surface area (Å²) >= 11 is 1.51. The van der Waals surface area contributed by atoms with Crippen molar-refractivity contribution >= 4 is 17.2 Å². The molecular formula is C21H21NO2S. The monoisotopic (exact) mass is 351 g/mol. The van der Waals surface area contributed by atoms with Crippen molar-refractivity contribution in [1.82, 2.24) is 5.32 Å². The Hall–Kier alpha value is -2.43. The molecule has 1 amide bonds. The second-order valence-corrected chi connectivity index (χ2v) is 6.93. The molecule has 3 nitrogen and oxygen atoms in total. The minimum absolute atomic E-state index is 0.106. The van der Waals surface area contributed by atoms with Crippen molar-refractivity contribution in [3.05, 3.63) is 93.7 Å². The number of aliphatic hydroxyl groups excluding tert-OH is 1. The zero-order valence-corrected chi connectivity index (χ0v) is 14.9. The smallest absolute Gasteiger partial charge is 0.232 e. The van der Waals surface area contributed by atoms with Crippen molar-refractivity contribution in [2.45, 2.75) is 18.9 Å². The highest BCUT2D eigenvalue weighted by atomic mass is 32.1. The van der Waals surface area contributed by atoms with Gasteiger partial charge in [-0.15, -0.1) is 11.3 Å². The van der Waals surface area contributed by atoms with Gasteiger partial charge in [0.2, 0.25) is 5.91 Å². The van der Waals surface area contributed by atoms with Gasteiger partial charge in [-0.25, -0.2) is 0 Å². The maximum atomic E-state index is 12.9. The Labute approximate surface area is 152 Å². The van der Waals surface area contributed by atoms with E-state index in [4.69, 9.17) is 0 Å². The Balaban J connectivity index is 1.77. The van der Waals surface area contributed by atoms with Gasteiger partial charge in [-0.05, 0) is 35.1 Å². The molecule has 1 heterocycles. The van der Waals surface area contributed by atoms with Gasteiger partial charge in [0.1, 0.15) is 6.10 Å². The summed E-state index contributed by atoms with van der Waals surface area (Å²) in [4.78, 5) is 13.8. The lowest BCUT2D eigenvalue weighted by molar-refractivity contribution is -0.122. The summed E-state index contributed by atoms with van der Waals surface area (Å²) in [5, 5.41) is 15.2. The number of benzene rings is 2. The molecule has 0 aliphatic heterocycles. The van der Waals surface area contributed by atoms with Crippen molar-refractivity contribution in [3.8, 4) is 0 Å². The first-order valence-electron chi connectivity index (χ1n) is 8.26. The van der Waals surface area contributed by atoms with Crippen molar-refractivity contribution in [2.75, 3.05) is 6.54 Å². The van der Waals surface area contributed by atoms with Crippen LogP contribution in [0.25, 0.3) is 0 Å². The minimum atomic E-state index is -0.684. The molecule has 0 unspecified atom stereocenters. The molecule has 3 aromatic rings. The summed E-state index contributed by atoms with van der Waals surface area (Å²) in [6.45, 7) is 2.17. The number of rotatable bonds is 6. The van der Waals surface area contributed by atoms with Crippen LogP contribution < -0.4 is 5.32 Å². The van der Waals surface area contributed by atoms with Crippen LogP contribution in [0.1, 0.15) is 33.6 Å². The van der Waals surface area contributed by atoms with E-state index < -0.39 is 6.10 Å². The molecule has 25 heavy (non-hydrogen) atoms. The highest BCUT2D eigenvalue weighted by Gasteiger charge is 2.23. The van der Waals surface area contributed by atoms with Gasteiger partial charge in [-0.1, -0.05) is 60.7 Å². The van der Waals surface area contributed by atoms with E-state index in [0.29, 0.717) is 0 Å². The van der Waals surface area contributed by atoms with Gasteiger partial charge in [0.05, 0.1) is 5.92 Å². The highest BCUT2D eigenvalue weighted by Crippen LogP contribution is 2.26. The number of hydrogen-bond donors (Lipinski definition) is 2. The van der Waals surface area contributed by atoms with Crippen molar-refractivity contribution in [1.29, 1.82) is 0 Å². The number of amides is 1. The molecule has 0 saturated heterocycles. The zero-order chi connectivity index (χ0) is 17.6. The summed E-state index contributed by atoms with van der Waals surface area (Å²) < 4.78 is 0. The summed E-state index contributed by atoms with van der Waals surface area (Å²) in [7, 11) is 0. The summed E-state index contributed by atoms with van der Waals surface area (Å²) in [6, 6.07) is 21.4. The third-order valence-electron chi connectivity index (χ3n) is 4.20. The van der Waals surface area contributed by atoms with Crippen molar-refractivity contribution < 1.29 is 9.90 Å². The third kappa shape index (κ3) is 4.16. The Morgan fingerprint density at radius 1 is 1.00 bits per heavy atom. The van der Waals surface area contributed by atoms with E-state index in [-0.39, 0.29) is 18.4 Å². The van der Waals surface area contributed by atoms with Crippen LogP contribution in [0.4, 0.5) is 0 Å². The Morgan fingerprint density at radius 3 is 2.04 bits per heavy atom. The molecule has 128 valence electrons. The predicted molar refractivity (Wildman–Crippen MR) is 102 cm³/mol. The van der Waals surface area contributed by atoms with E-state index in [9.17, 15) is 9.90 Å². The number of thiophene rings is 1. The molecule has 3 rings (SSSR count). The number of hydrogen-bond acceptors (Lipinski definition) is 3. The van der Waals surface area contributed by atoms with Crippen LogP contribution in [-0.4, -0.2) is 17.6 Å². The average Bonchev–Trinajstić information content (AvgIpc) is 3.08. The zero-order valence-electron chi connectivity index (χ0n) is 14.1. The molecule has 4 heteroatoms. The lowest BCUT2D eigenvalue weighted by Gasteiger charge is -2.19. The van der Waals surface area contributed by atoms with Crippen LogP contribution in [0.2, 0.25) is 0 Å². The second-order valence-electron chi connectivity index (χ2n) is 5.98. The van der Waals surface area contributed by atoms with E-state index in [1.54, 1.807) is 0 Å². The first-order valence-corrected chi connectivity index (χ1v) is 9.14. The van der Waals surface area contributed by atoms with E-state index in [1.807, 2.05) is 79.0 Å². The number of aryl methyl sites for hydroxylation is 1. The predicted octanol–water partition coefficient (Wildman–Crippen LogP) is 4.04. The van der Waals surface area contributed by atoms with E-state index >= 15 is 0 Å². The van der Waals surface area contributed by atoms with E-state index in [1.165, 1.54) is 11.3 Å². The maximum absolute atomic E-state index is 12.9. The fourth-order valence-electron chi connectivity index (χ4n) is 2.90. The highest BCUT2D eigenvalue weighted by molar-refractivity contribution is 7.10. The molecule has 2 aromatic carbocycles. The third-order valence-corrected chi connectivity index (χ3v) is 5.32. The second kappa shape index (κ2) is 8.10. The van der Waals surface area contributed by atoms with Gasteiger partial charge in [0.25, 0.3) is 0 Å². The molecule has 1 atom stereocenters. The molecule has 0 spiro atoms. The molecule has 2 N–H and O–H groups in total. The van der Waals surface area contributed by atoms with Crippen LogP contribution >= 0.6 is 11.3 Å². The van der Waals surface area contributed by atoms with Gasteiger partial charge in [0.15, 0.2) is 0 Å². The maximum Gasteiger partial charge on any atom is 0.232 e. The molecule has 0 radical (unpaired) electrons. The van der Waals surface area contributed by atoms with Gasteiger partial charge >= 0.3 is 0 Å². The SMILES string of the molecule is Cc1ccsc1[C@H](O)CNC(=O)C(c1ccccc1)c1ccccc1. The number of aliphatic hydroxyl groups is 1. The standard InChI is InChI=1S/C21H21NO2S/c1-15-12-13-25-20(15)18(23)14-22-21(24)19(16-8-4-2-5-9-16)17-10-6-3-7-11-17/h2-13,18-19,23H,14H2,1H3,(H,22,24)/t18-/m1/s1. The molecule has 0 bridgehead atoms. The number of carbonyl (C=O) groups is 1. The van der Waals surface area contributed by atoms with Gasteiger partial charge < -0.3 is 10.4 Å². The number of nitrogens with one attached hydrogen (secondary N) is 1. The Kier molecular flexibility index (Phi) is 5.64. The van der Waals surface area contributed by atoms with Crippen LogP contribution in [0, 0.1) is 6.92 Å². The van der Waals surface area contributed by atoms with Gasteiger partial charge in [-0.2, -0.15) is 0 Å². The average molecular weight is 351 g/mol. The fourth-order valence-corrected chi connectivity index (χ4v) is 3.82. The largest absolute Gasteiger partial charge is 0.386 e. The molecule has 0 fully saturated rings. The first-order chi connectivity index (χ1) is 12.2. The van der Waals surface area contributed by atoms with Crippen molar-refractivity contribution in [3.63, 3.8) is 0 Å². The van der Waals surface area contributed by atoms with E-state index in [2.05, 4.69) is 5.32 Å². The molecule has 0 aliphatic carbocycles. The normalized spacial score (nSPS) is 12.1. The molecular weight excluding hydrogens is 330 g/mol. The summed E-state index contributed by atoms with van der Waals surface area (Å²) in [6.07, 6.45) is -0.684. The van der Waals surface area contributed by atoms with Crippen molar-refractivity contribution in [2.24, 2.45) is 0 Å². The quantitative estimate of drug-likeness (QED) is 0.704. The Morgan fingerprint density at radius 2 is 1.56 bits per heavy atom. The lowest BCUT2D eigenvalue weighted by Crippen LogP contribution is -2.33. The van der Waals surface area contributed by atoms with Gasteiger partial charge in [-0.3, -0.25) is 4.79 Å². The van der Waals surface area contributed by atoms with Crippen LogP contribution in [-0.2, 0) is 4.79 Å². The fraction of sp³-hybridized carbons (Fsp3) is 0.190. The van der Waals surface area contributed by atoms with Gasteiger partial charge in [0, 0.05) is 11.4 Å². The molecule has 1 aromatic heterocycles. The first kappa shape index (κ1) is 17.4. The topological polar surface area (TPSA) is 49.3 Å². The van der Waals surface area contributed by atoms with Crippen LogP contribution in [0.15, 0.2) is 72.1 Å².